The first kappa shape index (κ1) is 12.8. The van der Waals surface area contributed by atoms with Crippen LogP contribution < -0.4 is 0 Å². The van der Waals surface area contributed by atoms with E-state index in [1.807, 2.05) is 0 Å². The van der Waals surface area contributed by atoms with Crippen LogP contribution in [-0.4, -0.2) is 13.4 Å². The molecule has 0 saturated carbocycles. The van der Waals surface area contributed by atoms with Gasteiger partial charge in [0.25, 0.3) is 9.05 Å². The zero-order chi connectivity index (χ0) is 12.6. The summed E-state index contributed by atoms with van der Waals surface area (Å²) in [5.41, 5.74) is 1.23. The molecule has 1 aromatic carbocycles. The molecule has 17 heavy (non-hydrogen) atoms. The quantitative estimate of drug-likeness (QED) is 0.795. The van der Waals surface area contributed by atoms with Gasteiger partial charge in [-0.25, -0.2) is 13.4 Å². The maximum atomic E-state index is 11.3. The minimum atomic E-state index is -3.73. The molecule has 0 aliphatic rings. The van der Waals surface area contributed by atoms with Crippen molar-refractivity contribution >= 4 is 42.7 Å². The lowest BCUT2D eigenvalue weighted by Crippen LogP contribution is -1.88. The van der Waals surface area contributed by atoms with Crippen molar-refractivity contribution in [2.45, 2.75) is 11.1 Å². The van der Waals surface area contributed by atoms with E-state index in [9.17, 15) is 8.42 Å². The van der Waals surface area contributed by atoms with Crippen LogP contribution in [0, 0.1) is 6.92 Å². The Bertz CT molecular complexity index is 647. The van der Waals surface area contributed by atoms with Crippen molar-refractivity contribution in [2.75, 3.05) is 0 Å². The Balaban J connectivity index is 2.52. The molecule has 0 radical (unpaired) electrons. The second-order valence-corrected chi connectivity index (χ2v) is 7.53. The Labute approximate surface area is 112 Å². The normalized spacial score (nSPS) is 11.7. The molecule has 3 nitrogen and oxygen atoms in total. The summed E-state index contributed by atoms with van der Waals surface area (Å²) in [5.74, 6) is 0. The maximum absolute atomic E-state index is 11.3. The van der Waals surface area contributed by atoms with Gasteiger partial charge in [-0.2, -0.15) is 0 Å². The van der Waals surface area contributed by atoms with Gasteiger partial charge in [0.05, 0.1) is 5.69 Å². The van der Waals surface area contributed by atoms with Gasteiger partial charge in [0.2, 0.25) is 0 Å². The lowest BCUT2D eigenvalue weighted by atomic mass is 10.2. The van der Waals surface area contributed by atoms with E-state index in [-0.39, 0.29) is 4.21 Å². The monoisotopic (exact) mass is 307 g/mol. The molecule has 0 aliphatic heterocycles. The number of aromatic nitrogens is 1. The summed E-state index contributed by atoms with van der Waals surface area (Å²) in [7, 11) is 1.58. The molecule has 0 N–H and O–H groups in total. The van der Waals surface area contributed by atoms with Crippen LogP contribution in [0.3, 0.4) is 0 Å². The van der Waals surface area contributed by atoms with Crippen molar-refractivity contribution in [1.82, 2.24) is 4.98 Å². The largest absolute Gasteiger partial charge is 0.272 e. The lowest BCUT2D eigenvalue weighted by Gasteiger charge is -1.94. The van der Waals surface area contributed by atoms with Crippen LogP contribution in [0.25, 0.3) is 10.6 Å². The predicted molar refractivity (Wildman–Crippen MR) is 70.3 cm³/mol. The van der Waals surface area contributed by atoms with Crippen LogP contribution in [0.5, 0.6) is 0 Å². The maximum Gasteiger partial charge on any atom is 0.272 e. The number of nitrogens with zero attached hydrogens (tertiary/aromatic N) is 1. The number of rotatable bonds is 2. The van der Waals surface area contributed by atoms with E-state index < -0.39 is 9.05 Å². The van der Waals surface area contributed by atoms with Gasteiger partial charge in [0.15, 0.2) is 4.21 Å². The van der Waals surface area contributed by atoms with Gasteiger partial charge in [-0.3, -0.25) is 0 Å². The van der Waals surface area contributed by atoms with Crippen molar-refractivity contribution < 1.29 is 8.42 Å². The Hall–Kier alpha value is -0.620. The average Bonchev–Trinajstić information content (AvgIpc) is 2.61. The summed E-state index contributed by atoms with van der Waals surface area (Å²) in [4.78, 5) is 4.19. The summed E-state index contributed by atoms with van der Waals surface area (Å²) in [6, 6.07) is 7.02. The number of aryl methyl sites for hydroxylation is 1. The third-order valence-corrected chi connectivity index (χ3v) is 5.70. The highest BCUT2D eigenvalue weighted by molar-refractivity contribution is 8.15. The molecule has 0 atom stereocenters. The highest BCUT2D eigenvalue weighted by Crippen LogP contribution is 2.33. The van der Waals surface area contributed by atoms with Crippen molar-refractivity contribution in [3.63, 3.8) is 0 Å². The average molecular weight is 308 g/mol. The molecule has 0 bridgehead atoms. The van der Waals surface area contributed by atoms with Crippen LogP contribution >= 0.6 is 33.6 Å². The fourth-order valence-corrected chi connectivity index (χ4v) is 3.91. The number of benzene rings is 1. The van der Waals surface area contributed by atoms with E-state index in [0.717, 1.165) is 16.9 Å². The van der Waals surface area contributed by atoms with Crippen LogP contribution in [0.4, 0.5) is 0 Å². The molecule has 0 aliphatic carbocycles. The number of hydrogen-bond acceptors (Lipinski definition) is 4. The number of thiazole rings is 1. The molecule has 0 fully saturated rings. The number of halogens is 2. The summed E-state index contributed by atoms with van der Waals surface area (Å²) < 4.78 is 22.6. The van der Waals surface area contributed by atoms with E-state index in [2.05, 4.69) is 4.98 Å². The highest BCUT2D eigenvalue weighted by Gasteiger charge is 2.19. The Morgan fingerprint density at radius 3 is 2.29 bits per heavy atom. The molecule has 0 unspecified atom stereocenters. The molecule has 0 amide bonds. The molecule has 90 valence electrons. The Morgan fingerprint density at radius 1 is 1.24 bits per heavy atom. The number of hydrogen-bond donors (Lipinski definition) is 0. The van der Waals surface area contributed by atoms with Gasteiger partial charge in [-0.1, -0.05) is 23.7 Å². The molecule has 1 heterocycles. The van der Waals surface area contributed by atoms with Gasteiger partial charge in [0.1, 0.15) is 5.01 Å². The minimum absolute atomic E-state index is 0.0871. The molecule has 0 spiro atoms. The van der Waals surface area contributed by atoms with Gasteiger partial charge in [-0.05, 0) is 19.1 Å². The molecular formula is C10H7Cl2NO2S2. The van der Waals surface area contributed by atoms with Crippen molar-refractivity contribution in [3.8, 4) is 10.6 Å². The second kappa shape index (κ2) is 4.57. The van der Waals surface area contributed by atoms with Crippen molar-refractivity contribution in [1.29, 1.82) is 0 Å². The van der Waals surface area contributed by atoms with E-state index in [1.54, 1.807) is 31.2 Å². The minimum Gasteiger partial charge on any atom is -0.240 e. The summed E-state index contributed by atoms with van der Waals surface area (Å²) in [5, 5.41) is 1.23. The zero-order valence-corrected chi connectivity index (χ0v) is 11.8. The fourth-order valence-electron chi connectivity index (χ4n) is 1.32. The molecular weight excluding hydrogens is 301 g/mol. The lowest BCUT2D eigenvalue weighted by molar-refractivity contribution is 0.610. The topological polar surface area (TPSA) is 47.0 Å². The van der Waals surface area contributed by atoms with Gasteiger partial charge in [-0.15, -0.1) is 11.3 Å². The van der Waals surface area contributed by atoms with E-state index in [4.69, 9.17) is 22.3 Å². The summed E-state index contributed by atoms with van der Waals surface area (Å²) in [6.07, 6.45) is 0. The van der Waals surface area contributed by atoms with Crippen LogP contribution in [-0.2, 0) is 9.05 Å². The first-order chi connectivity index (χ1) is 7.88. The predicted octanol–water partition coefficient (Wildman–Crippen LogP) is 3.70. The zero-order valence-electron chi connectivity index (χ0n) is 8.65. The molecule has 2 aromatic rings. The second-order valence-electron chi connectivity index (χ2n) is 3.34. The summed E-state index contributed by atoms with van der Waals surface area (Å²) in [6.45, 7) is 1.62. The first-order valence-electron chi connectivity index (χ1n) is 4.56. The molecule has 1 aromatic heterocycles. The van der Waals surface area contributed by atoms with Gasteiger partial charge >= 0.3 is 0 Å². The first-order valence-corrected chi connectivity index (χ1v) is 8.06. The standard InChI is InChI=1S/C10H7Cl2NO2S2/c1-6-10(17(12,14)15)16-9(13-6)7-2-4-8(11)5-3-7/h2-5H,1H3. The Kier molecular flexibility index (Phi) is 3.45. The van der Waals surface area contributed by atoms with Gasteiger partial charge in [0, 0.05) is 21.3 Å². The molecule has 2 rings (SSSR count). The highest BCUT2D eigenvalue weighted by atomic mass is 35.7. The van der Waals surface area contributed by atoms with E-state index in [0.29, 0.717) is 15.7 Å². The van der Waals surface area contributed by atoms with Crippen molar-refractivity contribution in [2.24, 2.45) is 0 Å². The van der Waals surface area contributed by atoms with Crippen LogP contribution in [0.2, 0.25) is 5.02 Å². The smallest absolute Gasteiger partial charge is 0.240 e. The third-order valence-electron chi connectivity index (χ3n) is 2.07. The Morgan fingerprint density at radius 2 is 1.82 bits per heavy atom. The van der Waals surface area contributed by atoms with Crippen LogP contribution in [0.15, 0.2) is 28.5 Å². The van der Waals surface area contributed by atoms with E-state index in [1.165, 1.54) is 0 Å². The van der Waals surface area contributed by atoms with Crippen molar-refractivity contribution in [3.05, 3.63) is 35.0 Å². The SMILES string of the molecule is Cc1nc(-c2ccc(Cl)cc2)sc1S(=O)(=O)Cl. The van der Waals surface area contributed by atoms with Crippen LogP contribution in [0.1, 0.15) is 5.69 Å². The third kappa shape index (κ3) is 2.80. The molecule has 7 heteroatoms. The fraction of sp³-hybridized carbons (Fsp3) is 0.100. The van der Waals surface area contributed by atoms with E-state index >= 15 is 0 Å². The van der Waals surface area contributed by atoms with Gasteiger partial charge < -0.3 is 0 Å². The molecule has 0 saturated heterocycles. The summed E-state index contributed by atoms with van der Waals surface area (Å²) >= 11 is 6.83.